The predicted molar refractivity (Wildman–Crippen MR) is 89.9 cm³/mol. The fourth-order valence-corrected chi connectivity index (χ4v) is 3.53. The number of nitrogens with zero attached hydrogens (tertiary/aromatic N) is 1. The Kier molecular flexibility index (Phi) is 8.79. The molecular weight excluding hydrogens is 244 g/mol. The summed E-state index contributed by atoms with van der Waals surface area (Å²) in [6.45, 7) is 13.1. The van der Waals surface area contributed by atoms with Gasteiger partial charge in [0, 0.05) is 12.6 Å². The van der Waals surface area contributed by atoms with Gasteiger partial charge in [0.25, 0.3) is 0 Å². The highest BCUT2D eigenvalue weighted by Gasteiger charge is 2.30. The van der Waals surface area contributed by atoms with Gasteiger partial charge in [-0.25, -0.2) is 0 Å². The van der Waals surface area contributed by atoms with Gasteiger partial charge in [0.05, 0.1) is 0 Å². The molecule has 2 N–H and O–H groups in total. The summed E-state index contributed by atoms with van der Waals surface area (Å²) in [5, 5.41) is 0. The molecule has 0 spiro atoms. The molecule has 0 aromatic carbocycles. The van der Waals surface area contributed by atoms with Crippen molar-refractivity contribution in [3.05, 3.63) is 0 Å². The van der Waals surface area contributed by atoms with Gasteiger partial charge in [0.1, 0.15) is 0 Å². The molecule has 20 heavy (non-hydrogen) atoms. The molecule has 0 saturated heterocycles. The molecule has 1 rings (SSSR count). The highest BCUT2D eigenvalue weighted by Crippen LogP contribution is 2.33. The molecule has 2 nitrogen and oxygen atoms in total. The SMILES string of the molecule is CCCCN(CCCC)CC1CC(C(C)C)CCC1N. The number of rotatable bonds is 9. The molecule has 1 saturated carbocycles. The summed E-state index contributed by atoms with van der Waals surface area (Å²) in [6, 6.07) is 0.441. The fourth-order valence-electron chi connectivity index (χ4n) is 3.53. The van der Waals surface area contributed by atoms with Crippen molar-refractivity contribution in [2.24, 2.45) is 23.5 Å². The monoisotopic (exact) mass is 282 g/mol. The van der Waals surface area contributed by atoms with E-state index in [4.69, 9.17) is 5.73 Å². The Morgan fingerprint density at radius 2 is 1.65 bits per heavy atom. The predicted octanol–water partition coefficient (Wildman–Crippen LogP) is 4.29. The highest BCUT2D eigenvalue weighted by atomic mass is 15.1. The van der Waals surface area contributed by atoms with E-state index in [2.05, 4.69) is 32.6 Å². The zero-order chi connectivity index (χ0) is 15.0. The van der Waals surface area contributed by atoms with Crippen LogP contribution in [0.3, 0.4) is 0 Å². The van der Waals surface area contributed by atoms with Crippen molar-refractivity contribution in [1.82, 2.24) is 4.90 Å². The fraction of sp³-hybridized carbons (Fsp3) is 1.00. The summed E-state index contributed by atoms with van der Waals surface area (Å²) in [4.78, 5) is 2.69. The summed E-state index contributed by atoms with van der Waals surface area (Å²) in [5.74, 6) is 2.45. The second-order valence-corrected chi connectivity index (χ2v) is 7.25. The van der Waals surface area contributed by atoms with Crippen LogP contribution in [0, 0.1) is 17.8 Å². The topological polar surface area (TPSA) is 29.3 Å². The van der Waals surface area contributed by atoms with Crippen LogP contribution in [0.5, 0.6) is 0 Å². The third-order valence-electron chi connectivity index (χ3n) is 5.17. The van der Waals surface area contributed by atoms with E-state index in [1.807, 2.05) is 0 Å². The van der Waals surface area contributed by atoms with Gasteiger partial charge < -0.3 is 10.6 Å². The standard InChI is InChI=1S/C18H38N2/c1-5-7-11-20(12-8-6-2)14-17-13-16(15(3)4)9-10-18(17)19/h15-18H,5-14,19H2,1-4H3. The highest BCUT2D eigenvalue weighted by molar-refractivity contribution is 4.85. The molecule has 0 aliphatic heterocycles. The summed E-state index contributed by atoms with van der Waals surface area (Å²) < 4.78 is 0. The van der Waals surface area contributed by atoms with E-state index >= 15 is 0 Å². The maximum absolute atomic E-state index is 6.42. The Bertz CT molecular complexity index is 232. The lowest BCUT2D eigenvalue weighted by Crippen LogP contribution is -2.44. The first-order valence-electron chi connectivity index (χ1n) is 9.06. The Hall–Kier alpha value is -0.0800. The van der Waals surface area contributed by atoms with Gasteiger partial charge in [-0.05, 0) is 62.9 Å². The average Bonchev–Trinajstić information content (AvgIpc) is 2.43. The second-order valence-electron chi connectivity index (χ2n) is 7.25. The third-order valence-corrected chi connectivity index (χ3v) is 5.17. The molecule has 1 aliphatic carbocycles. The molecule has 2 heteroatoms. The first-order valence-corrected chi connectivity index (χ1v) is 9.06. The summed E-state index contributed by atoms with van der Waals surface area (Å²) in [6.07, 6.45) is 9.20. The molecule has 0 bridgehead atoms. The van der Waals surface area contributed by atoms with E-state index in [0.717, 1.165) is 17.8 Å². The average molecular weight is 283 g/mol. The van der Waals surface area contributed by atoms with Crippen molar-refractivity contribution in [3.63, 3.8) is 0 Å². The van der Waals surface area contributed by atoms with Crippen LogP contribution in [0.2, 0.25) is 0 Å². The molecule has 120 valence electrons. The van der Waals surface area contributed by atoms with Gasteiger partial charge in [-0.1, -0.05) is 40.5 Å². The van der Waals surface area contributed by atoms with Crippen LogP contribution >= 0.6 is 0 Å². The maximum Gasteiger partial charge on any atom is 0.00795 e. The minimum Gasteiger partial charge on any atom is -0.327 e. The van der Waals surface area contributed by atoms with Crippen LogP contribution in [-0.2, 0) is 0 Å². The first-order chi connectivity index (χ1) is 9.58. The normalized spacial score (nSPS) is 27.4. The van der Waals surface area contributed by atoms with Crippen molar-refractivity contribution in [1.29, 1.82) is 0 Å². The van der Waals surface area contributed by atoms with Gasteiger partial charge in [-0.3, -0.25) is 0 Å². The van der Waals surface area contributed by atoms with Gasteiger partial charge in [0.15, 0.2) is 0 Å². The Balaban J connectivity index is 2.50. The zero-order valence-corrected chi connectivity index (χ0v) is 14.4. The van der Waals surface area contributed by atoms with E-state index < -0.39 is 0 Å². The van der Waals surface area contributed by atoms with Crippen molar-refractivity contribution in [3.8, 4) is 0 Å². The molecule has 3 unspecified atom stereocenters. The van der Waals surface area contributed by atoms with Gasteiger partial charge in [-0.2, -0.15) is 0 Å². The van der Waals surface area contributed by atoms with Crippen molar-refractivity contribution < 1.29 is 0 Å². The molecule has 0 amide bonds. The molecule has 1 fully saturated rings. The lowest BCUT2D eigenvalue weighted by Gasteiger charge is -2.39. The van der Waals surface area contributed by atoms with Gasteiger partial charge >= 0.3 is 0 Å². The van der Waals surface area contributed by atoms with Crippen LogP contribution in [0.25, 0.3) is 0 Å². The molecule has 0 aromatic heterocycles. The van der Waals surface area contributed by atoms with Crippen molar-refractivity contribution >= 4 is 0 Å². The Morgan fingerprint density at radius 1 is 1.05 bits per heavy atom. The van der Waals surface area contributed by atoms with Crippen LogP contribution in [-0.4, -0.2) is 30.6 Å². The molecule has 0 heterocycles. The number of hydrogen-bond donors (Lipinski definition) is 1. The Morgan fingerprint density at radius 3 is 2.15 bits per heavy atom. The number of hydrogen-bond acceptors (Lipinski definition) is 2. The lowest BCUT2D eigenvalue weighted by molar-refractivity contribution is 0.134. The van der Waals surface area contributed by atoms with E-state index in [1.54, 1.807) is 0 Å². The third kappa shape index (κ3) is 6.13. The minimum absolute atomic E-state index is 0.441. The molecular formula is C18H38N2. The van der Waals surface area contributed by atoms with Crippen LogP contribution < -0.4 is 5.73 Å². The summed E-state index contributed by atoms with van der Waals surface area (Å²) in [5.41, 5.74) is 6.42. The Labute approximate surface area is 127 Å². The summed E-state index contributed by atoms with van der Waals surface area (Å²) >= 11 is 0. The van der Waals surface area contributed by atoms with E-state index in [0.29, 0.717) is 6.04 Å². The second kappa shape index (κ2) is 9.78. The quantitative estimate of drug-likeness (QED) is 0.683. The van der Waals surface area contributed by atoms with E-state index in [-0.39, 0.29) is 0 Å². The van der Waals surface area contributed by atoms with Gasteiger partial charge in [0.2, 0.25) is 0 Å². The van der Waals surface area contributed by atoms with Crippen LogP contribution in [0.4, 0.5) is 0 Å². The first kappa shape index (κ1) is 18.0. The lowest BCUT2D eigenvalue weighted by atomic mass is 9.73. The smallest absolute Gasteiger partial charge is 0.00795 e. The van der Waals surface area contributed by atoms with Crippen molar-refractivity contribution in [2.75, 3.05) is 19.6 Å². The molecule has 1 aliphatic rings. The largest absolute Gasteiger partial charge is 0.327 e. The van der Waals surface area contributed by atoms with E-state index in [1.165, 1.54) is 64.6 Å². The summed E-state index contributed by atoms with van der Waals surface area (Å²) in [7, 11) is 0. The molecule has 0 radical (unpaired) electrons. The minimum atomic E-state index is 0.441. The van der Waals surface area contributed by atoms with Crippen LogP contribution in [0.1, 0.15) is 72.6 Å². The van der Waals surface area contributed by atoms with E-state index in [9.17, 15) is 0 Å². The van der Waals surface area contributed by atoms with Crippen LogP contribution in [0.15, 0.2) is 0 Å². The van der Waals surface area contributed by atoms with Crippen molar-refractivity contribution in [2.45, 2.75) is 78.7 Å². The zero-order valence-electron chi connectivity index (χ0n) is 14.4. The van der Waals surface area contributed by atoms with Gasteiger partial charge in [-0.15, -0.1) is 0 Å². The molecule has 3 atom stereocenters. The maximum atomic E-state index is 6.42. The molecule has 0 aromatic rings. The number of nitrogens with two attached hydrogens (primary N) is 1. The number of unbranched alkanes of at least 4 members (excludes halogenated alkanes) is 2.